The average molecular weight is 178 g/mol. The molecule has 64 valence electrons. The molecular formula is C11H14S. The number of thioether (sulfide) groups is 1. The molecule has 1 aromatic carbocycles. The fourth-order valence-electron chi connectivity index (χ4n) is 1.09. The highest BCUT2D eigenvalue weighted by Gasteiger charge is 2.03. The van der Waals surface area contributed by atoms with Crippen LogP contribution in [0, 0.1) is 0 Å². The molecule has 0 aliphatic rings. The van der Waals surface area contributed by atoms with Gasteiger partial charge < -0.3 is 0 Å². The van der Waals surface area contributed by atoms with Gasteiger partial charge in [-0.15, -0.1) is 11.8 Å². The van der Waals surface area contributed by atoms with Gasteiger partial charge in [0.2, 0.25) is 0 Å². The van der Waals surface area contributed by atoms with Crippen molar-refractivity contribution in [2.75, 3.05) is 0 Å². The van der Waals surface area contributed by atoms with Gasteiger partial charge in [-0.1, -0.05) is 36.9 Å². The van der Waals surface area contributed by atoms with Gasteiger partial charge in [-0.3, -0.25) is 0 Å². The highest BCUT2D eigenvalue weighted by molar-refractivity contribution is 8.03. The van der Waals surface area contributed by atoms with Gasteiger partial charge in [0.1, 0.15) is 0 Å². The molecule has 0 fully saturated rings. The van der Waals surface area contributed by atoms with Crippen LogP contribution < -0.4 is 0 Å². The Morgan fingerprint density at radius 1 is 1.33 bits per heavy atom. The first-order chi connectivity index (χ1) is 5.70. The Labute approximate surface area is 78.7 Å². The van der Waals surface area contributed by atoms with E-state index in [-0.39, 0.29) is 0 Å². The van der Waals surface area contributed by atoms with Gasteiger partial charge >= 0.3 is 0 Å². The highest BCUT2D eigenvalue weighted by Crippen LogP contribution is 2.32. The molecule has 1 atom stereocenters. The molecule has 12 heavy (non-hydrogen) atoms. The summed E-state index contributed by atoms with van der Waals surface area (Å²) in [5.41, 5.74) is 1.37. The molecule has 0 aliphatic heterocycles. The number of hydrogen-bond donors (Lipinski definition) is 0. The van der Waals surface area contributed by atoms with E-state index in [4.69, 9.17) is 0 Å². The maximum absolute atomic E-state index is 3.88. The van der Waals surface area contributed by atoms with Gasteiger partial charge in [0.25, 0.3) is 0 Å². The van der Waals surface area contributed by atoms with E-state index in [1.807, 2.05) is 24.8 Å². The second kappa shape index (κ2) is 4.36. The van der Waals surface area contributed by atoms with Gasteiger partial charge in [-0.25, -0.2) is 0 Å². The minimum atomic E-state index is 0.517. The van der Waals surface area contributed by atoms with E-state index in [0.717, 1.165) is 0 Å². The molecule has 0 radical (unpaired) electrons. The van der Waals surface area contributed by atoms with Crippen LogP contribution in [0.15, 0.2) is 41.8 Å². The predicted molar refractivity (Wildman–Crippen MR) is 57.3 cm³/mol. The van der Waals surface area contributed by atoms with Gasteiger partial charge in [0.15, 0.2) is 0 Å². The topological polar surface area (TPSA) is 0 Å². The van der Waals surface area contributed by atoms with Crippen molar-refractivity contribution in [2.45, 2.75) is 19.1 Å². The average Bonchev–Trinajstić information content (AvgIpc) is 2.05. The molecule has 0 bridgehead atoms. The van der Waals surface area contributed by atoms with Crippen molar-refractivity contribution >= 4 is 11.8 Å². The van der Waals surface area contributed by atoms with E-state index in [2.05, 4.69) is 37.8 Å². The smallest absolute Gasteiger partial charge is 0.0312 e. The van der Waals surface area contributed by atoms with E-state index in [1.54, 1.807) is 0 Å². The zero-order chi connectivity index (χ0) is 8.97. The van der Waals surface area contributed by atoms with E-state index >= 15 is 0 Å². The van der Waals surface area contributed by atoms with E-state index in [1.165, 1.54) is 10.5 Å². The Kier molecular flexibility index (Phi) is 3.42. The summed E-state index contributed by atoms with van der Waals surface area (Å²) in [7, 11) is 0. The molecule has 0 heterocycles. The third kappa shape index (κ3) is 2.74. The van der Waals surface area contributed by atoms with E-state index < -0.39 is 0 Å². The molecule has 1 heteroatoms. The van der Waals surface area contributed by atoms with Crippen molar-refractivity contribution in [2.24, 2.45) is 0 Å². The van der Waals surface area contributed by atoms with Crippen LogP contribution in [0.3, 0.4) is 0 Å². The minimum absolute atomic E-state index is 0.517. The second-order valence-electron chi connectivity index (χ2n) is 2.87. The molecule has 1 rings (SSSR count). The van der Waals surface area contributed by atoms with Crippen LogP contribution in [-0.4, -0.2) is 0 Å². The Hall–Kier alpha value is -0.690. The summed E-state index contributed by atoms with van der Waals surface area (Å²) in [5.74, 6) is 0. The van der Waals surface area contributed by atoms with E-state index in [0.29, 0.717) is 5.25 Å². The first-order valence-corrected chi connectivity index (χ1v) is 4.95. The first-order valence-electron chi connectivity index (χ1n) is 4.07. The summed E-state index contributed by atoms with van der Waals surface area (Å²) >= 11 is 1.81. The van der Waals surface area contributed by atoms with Crippen molar-refractivity contribution in [3.05, 3.63) is 47.4 Å². The summed E-state index contributed by atoms with van der Waals surface area (Å²) in [5, 5.41) is 0.517. The summed E-state index contributed by atoms with van der Waals surface area (Å²) in [4.78, 5) is 1.17. The molecule has 0 aromatic heterocycles. The van der Waals surface area contributed by atoms with Crippen molar-refractivity contribution in [1.82, 2.24) is 0 Å². The maximum Gasteiger partial charge on any atom is 0.0312 e. The second-order valence-corrected chi connectivity index (χ2v) is 4.51. The Morgan fingerprint density at radius 3 is 2.42 bits per heavy atom. The highest BCUT2D eigenvalue weighted by atomic mass is 32.2. The number of benzene rings is 1. The van der Waals surface area contributed by atoms with Crippen LogP contribution in [0.4, 0.5) is 0 Å². The Balaban J connectivity index is 2.65. The maximum atomic E-state index is 3.88. The quantitative estimate of drug-likeness (QED) is 0.673. The molecule has 0 aliphatic carbocycles. The van der Waals surface area contributed by atoms with Gasteiger partial charge in [-0.2, -0.15) is 0 Å². The number of allylic oxidation sites excluding steroid dienone is 1. The molecule has 1 aromatic rings. The Bertz CT molecular complexity index is 251. The fraction of sp³-hybridized carbons (Fsp3) is 0.273. The van der Waals surface area contributed by atoms with Crippen LogP contribution >= 0.6 is 11.8 Å². The normalized spacial score (nSPS) is 12.5. The van der Waals surface area contributed by atoms with E-state index in [9.17, 15) is 0 Å². The summed E-state index contributed by atoms with van der Waals surface area (Å²) in [6.07, 6.45) is 0. The molecule has 0 nitrogen and oxygen atoms in total. The molecule has 0 N–H and O–H groups in total. The van der Waals surface area contributed by atoms with Crippen LogP contribution in [0.25, 0.3) is 0 Å². The number of rotatable bonds is 3. The van der Waals surface area contributed by atoms with Crippen molar-refractivity contribution < 1.29 is 0 Å². The Morgan fingerprint density at radius 2 is 1.92 bits per heavy atom. The van der Waals surface area contributed by atoms with Gasteiger partial charge in [0, 0.05) is 5.25 Å². The molecule has 1 unspecified atom stereocenters. The fourth-order valence-corrected chi connectivity index (χ4v) is 1.99. The third-order valence-corrected chi connectivity index (χ3v) is 2.68. The lowest BCUT2D eigenvalue weighted by Crippen LogP contribution is -1.86. The number of hydrogen-bond acceptors (Lipinski definition) is 1. The van der Waals surface area contributed by atoms with Gasteiger partial charge in [0.05, 0.1) is 0 Å². The molecule has 0 saturated carbocycles. The zero-order valence-electron chi connectivity index (χ0n) is 7.58. The SMILES string of the molecule is C=C(C)SC(C)c1ccccc1. The van der Waals surface area contributed by atoms with Crippen molar-refractivity contribution in [3.63, 3.8) is 0 Å². The minimum Gasteiger partial charge on any atom is -0.124 e. The molecule has 0 amide bonds. The standard InChI is InChI=1S/C11H14S/c1-9(2)12-10(3)11-7-5-4-6-8-11/h4-8,10H,1H2,2-3H3. The van der Waals surface area contributed by atoms with Crippen LogP contribution in [0.5, 0.6) is 0 Å². The largest absolute Gasteiger partial charge is 0.124 e. The zero-order valence-corrected chi connectivity index (χ0v) is 8.40. The lowest BCUT2D eigenvalue weighted by atomic mass is 10.2. The summed E-state index contributed by atoms with van der Waals surface area (Å²) < 4.78 is 0. The van der Waals surface area contributed by atoms with Gasteiger partial charge in [-0.05, 0) is 24.3 Å². The van der Waals surface area contributed by atoms with Crippen LogP contribution in [-0.2, 0) is 0 Å². The monoisotopic (exact) mass is 178 g/mol. The van der Waals surface area contributed by atoms with Crippen LogP contribution in [0.1, 0.15) is 24.7 Å². The predicted octanol–water partition coefficient (Wildman–Crippen LogP) is 4.01. The molecule has 0 saturated heterocycles. The molecular weight excluding hydrogens is 164 g/mol. The van der Waals surface area contributed by atoms with Crippen molar-refractivity contribution in [3.8, 4) is 0 Å². The molecule has 0 spiro atoms. The summed E-state index contributed by atoms with van der Waals surface area (Å²) in [6.45, 7) is 8.13. The van der Waals surface area contributed by atoms with Crippen molar-refractivity contribution in [1.29, 1.82) is 0 Å². The lowest BCUT2D eigenvalue weighted by molar-refractivity contribution is 1.10. The third-order valence-electron chi connectivity index (χ3n) is 1.65. The summed E-state index contributed by atoms with van der Waals surface area (Å²) in [6, 6.07) is 10.5. The first kappa shape index (κ1) is 9.40. The van der Waals surface area contributed by atoms with Crippen LogP contribution in [0.2, 0.25) is 0 Å². The lowest BCUT2D eigenvalue weighted by Gasteiger charge is -2.10.